The molecule has 1 aromatic heterocycles. The second-order valence-corrected chi connectivity index (χ2v) is 5.85. The first kappa shape index (κ1) is 13.7. The number of H-pyrrole nitrogens is 1. The minimum Gasteiger partial charge on any atom is -0.347 e. The van der Waals surface area contributed by atoms with E-state index in [0.29, 0.717) is 6.54 Å². The minimum atomic E-state index is -3.63. The molecule has 0 amide bonds. The van der Waals surface area contributed by atoms with Gasteiger partial charge in [0.25, 0.3) is 0 Å². The van der Waals surface area contributed by atoms with Crippen molar-refractivity contribution in [1.82, 2.24) is 15.3 Å². The highest BCUT2D eigenvalue weighted by molar-refractivity contribution is 7.89. The van der Waals surface area contributed by atoms with Crippen LogP contribution in [0.4, 0.5) is 0 Å². The maximum absolute atomic E-state index is 11.1. The zero-order valence-corrected chi connectivity index (χ0v) is 11.3. The molecular formula is C12H16N4O2S. The van der Waals surface area contributed by atoms with E-state index in [1.807, 2.05) is 6.92 Å². The van der Waals surface area contributed by atoms with Crippen LogP contribution in [0.25, 0.3) is 0 Å². The van der Waals surface area contributed by atoms with Gasteiger partial charge in [-0.3, -0.25) is 0 Å². The average Bonchev–Trinajstić information content (AvgIpc) is 2.88. The zero-order chi connectivity index (χ0) is 13.9. The standard InChI is InChI=1S/C12H16N4O2S/c1-9(15-7-11-6-14-8-16-11)10-2-4-12(5-3-10)19(13,17)18/h2-6,8-9,15H,7H2,1H3,(H,14,16)(H2,13,17,18). The van der Waals surface area contributed by atoms with Gasteiger partial charge in [-0.15, -0.1) is 0 Å². The molecule has 102 valence electrons. The number of aromatic amines is 1. The summed E-state index contributed by atoms with van der Waals surface area (Å²) < 4.78 is 22.3. The van der Waals surface area contributed by atoms with Crippen LogP contribution in [0.2, 0.25) is 0 Å². The summed E-state index contributed by atoms with van der Waals surface area (Å²) in [4.78, 5) is 7.06. The number of imidazole rings is 1. The predicted molar refractivity (Wildman–Crippen MR) is 71.7 cm³/mol. The van der Waals surface area contributed by atoms with Gasteiger partial charge in [-0.05, 0) is 24.6 Å². The first-order valence-electron chi connectivity index (χ1n) is 5.80. The number of nitrogens with two attached hydrogens (primary N) is 1. The van der Waals surface area contributed by atoms with Crippen molar-refractivity contribution in [1.29, 1.82) is 0 Å². The fourth-order valence-corrected chi connectivity index (χ4v) is 2.22. The SMILES string of the molecule is CC(NCc1cnc[nH]1)c1ccc(S(N)(=O)=O)cc1. The largest absolute Gasteiger partial charge is 0.347 e. The summed E-state index contributed by atoms with van der Waals surface area (Å²) in [5.74, 6) is 0. The lowest BCUT2D eigenvalue weighted by Crippen LogP contribution is -2.18. The predicted octanol–water partition coefficient (Wildman–Crippen LogP) is 0.908. The number of rotatable bonds is 5. The van der Waals surface area contributed by atoms with E-state index in [9.17, 15) is 8.42 Å². The summed E-state index contributed by atoms with van der Waals surface area (Å²) in [6.45, 7) is 2.67. The number of primary sulfonamides is 1. The highest BCUT2D eigenvalue weighted by Crippen LogP contribution is 2.15. The third-order valence-corrected chi connectivity index (χ3v) is 3.79. The maximum atomic E-state index is 11.1. The van der Waals surface area contributed by atoms with Crippen molar-refractivity contribution in [3.8, 4) is 0 Å². The van der Waals surface area contributed by atoms with Gasteiger partial charge in [0.15, 0.2) is 0 Å². The van der Waals surface area contributed by atoms with Crippen molar-refractivity contribution < 1.29 is 8.42 Å². The second kappa shape index (κ2) is 5.52. The lowest BCUT2D eigenvalue weighted by atomic mass is 10.1. The molecule has 4 N–H and O–H groups in total. The Kier molecular flexibility index (Phi) is 3.98. The number of sulfonamides is 1. The monoisotopic (exact) mass is 280 g/mol. The molecule has 1 heterocycles. The van der Waals surface area contributed by atoms with Crippen LogP contribution in [-0.4, -0.2) is 18.4 Å². The molecule has 0 radical (unpaired) electrons. The van der Waals surface area contributed by atoms with Crippen LogP contribution in [0.3, 0.4) is 0 Å². The van der Waals surface area contributed by atoms with E-state index in [1.54, 1.807) is 24.7 Å². The van der Waals surface area contributed by atoms with Gasteiger partial charge in [-0.1, -0.05) is 12.1 Å². The van der Waals surface area contributed by atoms with Crippen molar-refractivity contribution >= 4 is 10.0 Å². The molecule has 6 nitrogen and oxygen atoms in total. The topological polar surface area (TPSA) is 101 Å². The molecular weight excluding hydrogens is 264 g/mol. The Bertz CT molecular complexity index is 620. The Morgan fingerprint density at radius 1 is 1.37 bits per heavy atom. The van der Waals surface area contributed by atoms with E-state index < -0.39 is 10.0 Å². The Morgan fingerprint density at radius 2 is 2.05 bits per heavy atom. The summed E-state index contributed by atoms with van der Waals surface area (Å²) in [5.41, 5.74) is 1.99. The van der Waals surface area contributed by atoms with Gasteiger partial charge in [0.2, 0.25) is 10.0 Å². The van der Waals surface area contributed by atoms with Gasteiger partial charge in [0.1, 0.15) is 0 Å². The van der Waals surface area contributed by atoms with E-state index in [2.05, 4.69) is 15.3 Å². The molecule has 0 saturated carbocycles. The number of benzene rings is 1. The number of hydrogen-bond acceptors (Lipinski definition) is 4. The van der Waals surface area contributed by atoms with Crippen molar-refractivity contribution in [3.63, 3.8) is 0 Å². The molecule has 2 rings (SSSR count). The van der Waals surface area contributed by atoms with E-state index >= 15 is 0 Å². The van der Waals surface area contributed by atoms with Crippen LogP contribution < -0.4 is 10.5 Å². The Morgan fingerprint density at radius 3 is 2.58 bits per heavy atom. The molecule has 0 spiro atoms. The molecule has 1 atom stereocenters. The smallest absolute Gasteiger partial charge is 0.238 e. The van der Waals surface area contributed by atoms with Crippen LogP contribution in [0.1, 0.15) is 24.2 Å². The molecule has 7 heteroatoms. The fraction of sp³-hybridized carbons (Fsp3) is 0.250. The normalized spacial score (nSPS) is 13.4. The highest BCUT2D eigenvalue weighted by atomic mass is 32.2. The van der Waals surface area contributed by atoms with Crippen LogP contribution >= 0.6 is 0 Å². The molecule has 0 fully saturated rings. The summed E-state index contributed by atoms with van der Waals surface area (Å²) in [5, 5.41) is 8.36. The second-order valence-electron chi connectivity index (χ2n) is 4.29. The lowest BCUT2D eigenvalue weighted by Gasteiger charge is -2.13. The Hall–Kier alpha value is -1.70. The van der Waals surface area contributed by atoms with Crippen molar-refractivity contribution in [2.45, 2.75) is 24.4 Å². The van der Waals surface area contributed by atoms with Crippen molar-refractivity contribution in [3.05, 3.63) is 48.0 Å². The number of aromatic nitrogens is 2. The lowest BCUT2D eigenvalue weighted by molar-refractivity contribution is 0.568. The molecule has 0 aliphatic carbocycles. The quantitative estimate of drug-likeness (QED) is 0.757. The van der Waals surface area contributed by atoms with E-state index in [1.165, 1.54) is 12.1 Å². The van der Waals surface area contributed by atoms with Crippen LogP contribution in [0, 0.1) is 0 Å². The molecule has 2 aromatic rings. The number of nitrogens with one attached hydrogen (secondary N) is 2. The summed E-state index contributed by atoms with van der Waals surface area (Å²) in [6.07, 6.45) is 3.38. The molecule has 0 aliphatic rings. The molecule has 0 bridgehead atoms. The average molecular weight is 280 g/mol. The van der Waals surface area contributed by atoms with Crippen LogP contribution in [-0.2, 0) is 16.6 Å². The summed E-state index contributed by atoms with van der Waals surface area (Å²) >= 11 is 0. The fourth-order valence-electron chi connectivity index (χ4n) is 1.71. The molecule has 19 heavy (non-hydrogen) atoms. The number of nitrogens with zero attached hydrogens (tertiary/aromatic N) is 1. The van der Waals surface area contributed by atoms with Gasteiger partial charge < -0.3 is 10.3 Å². The Balaban J connectivity index is 2.01. The maximum Gasteiger partial charge on any atom is 0.238 e. The summed E-state index contributed by atoms with van der Waals surface area (Å²) in [6, 6.07) is 6.63. The van der Waals surface area contributed by atoms with Gasteiger partial charge >= 0.3 is 0 Å². The first-order chi connectivity index (χ1) is 8.97. The first-order valence-corrected chi connectivity index (χ1v) is 7.35. The molecule has 0 aliphatic heterocycles. The zero-order valence-electron chi connectivity index (χ0n) is 10.5. The molecule has 1 unspecified atom stereocenters. The van der Waals surface area contributed by atoms with E-state index in [-0.39, 0.29) is 10.9 Å². The van der Waals surface area contributed by atoms with Crippen molar-refractivity contribution in [2.24, 2.45) is 5.14 Å². The van der Waals surface area contributed by atoms with E-state index in [0.717, 1.165) is 11.3 Å². The van der Waals surface area contributed by atoms with Crippen LogP contribution in [0.5, 0.6) is 0 Å². The summed E-state index contributed by atoms with van der Waals surface area (Å²) in [7, 11) is -3.63. The third-order valence-electron chi connectivity index (χ3n) is 2.86. The molecule has 1 aromatic carbocycles. The molecule has 0 saturated heterocycles. The van der Waals surface area contributed by atoms with Gasteiger partial charge in [0, 0.05) is 24.5 Å². The number of hydrogen-bond donors (Lipinski definition) is 3. The van der Waals surface area contributed by atoms with Gasteiger partial charge in [-0.25, -0.2) is 18.5 Å². The van der Waals surface area contributed by atoms with Crippen LogP contribution in [0.15, 0.2) is 41.7 Å². The highest BCUT2D eigenvalue weighted by Gasteiger charge is 2.09. The van der Waals surface area contributed by atoms with E-state index in [4.69, 9.17) is 5.14 Å². The minimum absolute atomic E-state index is 0.0952. The van der Waals surface area contributed by atoms with Crippen molar-refractivity contribution in [2.75, 3.05) is 0 Å². The van der Waals surface area contributed by atoms with Gasteiger partial charge in [-0.2, -0.15) is 0 Å². The third kappa shape index (κ3) is 3.63. The van der Waals surface area contributed by atoms with Gasteiger partial charge in [0.05, 0.1) is 11.2 Å². The Labute approximate surface area is 112 Å².